The van der Waals surface area contributed by atoms with Crippen LogP contribution in [0.1, 0.15) is 10.5 Å². The van der Waals surface area contributed by atoms with Gasteiger partial charge in [-0.15, -0.1) is 0 Å². The number of nitrogens with zero attached hydrogens (tertiary/aromatic N) is 2. The maximum Gasteiger partial charge on any atom is 0.354 e. The molecule has 1 aromatic heterocycles. The monoisotopic (exact) mass is 262 g/mol. The van der Waals surface area contributed by atoms with Gasteiger partial charge in [-0.1, -0.05) is 0 Å². The lowest BCUT2D eigenvalue weighted by Crippen LogP contribution is -2.01. The van der Waals surface area contributed by atoms with Crippen LogP contribution in [-0.4, -0.2) is 28.2 Å². The predicted octanol–water partition coefficient (Wildman–Crippen LogP) is 2.33. The topological polar surface area (TPSA) is 72.3 Å². The van der Waals surface area contributed by atoms with Crippen LogP contribution in [0.25, 0.3) is 0 Å². The van der Waals surface area contributed by atoms with Crippen LogP contribution >= 0.6 is 11.8 Å². The molecule has 0 bridgehead atoms. The number of ether oxygens (including phenoxy) is 1. The zero-order chi connectivity index (χ0) is 13.0. The molecule has 5 nitrogen and oxygen atoms in total. The summed E-state index contributed by atoms with van der Waals surface area (Å²) >= 11 is 1.30. The van der Waals surface area contributed by atoms with E-state index in [9.17, 15) is 4.79 Å². The van der Waals surface area contributed by atoms with Crippen molar-refractivity contribution in [3.8, 4) is 5.75 Å². The van der Waals surface area contributed by atoms with Gasteiger partial charge in [0.05, 0.1) is 7.11 Å². The van der Waals surface area contributed by atoms with E-state index in [-0.39, 0.29) is 5.69 Å². The summed E-state index contributed by atoms with van der Waals surface area (Å²) < 4.78 is 5.05. The van der Waals surface area contributed by atoms with Crippen LogP contribution < -0.4 is 4.74 Å². The van der Waals surface area contributed by atoms with Gasteiger partial charge in [-0.2, -0.15) is 0 Å². The molecule has 0 aliphatic carbocycles. The van der Waals surface area contributed by atoms with E-state index in [1.54, 1.807) is 7.11 Å². The number of rotatable bonds is 4. The van der Waals surface area contributed by atoms with Crippen molar-refractivity contribution in [2.45, 2.75) is 10.1 Å². The number of benzene rings is 1. The predicted molar refractivity (Wildman–Crippen MR) is 66.1 cm³/mol. The molecule has 2 aromatic rings. The Labute approximate surface area is 108 Å². The Balaban J connectivity index is 2.17. The van der Waals surface area contributed by atoms with E-state index in [0.717, 1.165) is 10.6 Å². The maximum atomic E-state index is 10.8. The Morgan fingerprint density at radius 2 is 2.00 bits per heavy atom. The molecular weight excluding hydrogens is 252 g/mol. The van der Waals surface area contributed by atoms with E-state index in [4.69, 9.17) is 9.84 Å². The Morgan fingerprint density at radius 1 is 1.28 bits per heavy atom. The minimum absolute atomic E-state index is 0.0130. The van der Waals surface area contributed by atoms with Gasteiger partial charge in [-0.05, 0) is 42.1 Å². The summed E-state index contributed by atoms with van der Waals surface area (Å²) in [4.78, 5) is 19.6. The first kappa shape index (κ1) is 12.4. The van der Waals surface area contributed by atoms with Crippen LogP contribution in [0.15, 0.2) is 46.6 Å². The quantitative estimate of drug-likeness (QED) is 0.853. The summed E-state index contributed by atoms with van der Waals surface area (Å²) in [5, 5.41) is 9.23. The van der Waals surface area contributed by atoms with E-state index in [1.807, 2.05) is 24.3 Å². The molecule has 6 heteroatoms. The first-order valence-electron chi connectivity index (χ1n) is 5.07. The molecule has 18 heavy (non-hydrogen) atoms. The lowest BCUT2D eigenvalue weighted by atomic mass is 10.3. The fourth-order valence-electron chi connectivity index (χ4n) is 1.26. The number of hydrogen-bond donors (Lipinski definition) is 1. The average molecular weight is 262 g/mol. The third-order valence-electron chi connectivity index (χ3n) is 2.12. The van der Waals surface area contributed by atoms with Crippen molar-refractivity contribution in [2.24, 2.45) is 0 Å². The molecule has 0 atom stereocenters. The molecule has 0 spiro atoms. The summed E-state index contributed by atoms with van der Waals surface area (Å²) in [6, 6.07) is 8.73. The highest BCUT2D eigenvalue weighted by Gasteiger charge is 2.07. The smallest absolute Gasteiger partial charge is 0.354 e. The molecule has 0 fully saturated rings. The zero-order valence-corrected chi connectivity index (χ0v) is 10.3. The van der Waals surface area contributed by atoms with Gasteiger partial charge in [0.25, 0.3) is 0 Å². The molecule has 1 aromatic carbocycles. The Morgan fingerprint density at radius 3 is 2.61 bits per heavy atom. The zero-order valence-electron chi connectivity index (χ0n) is 9.53. The van der Waals surface area contributed by atoms with Crippen LogP contribution in [0.4, 0.5) is 0 Å². The molecule has 0 aliphatic heterocycles. The second-order valence-corrected chi connectivity index (χ2v) is 4.35. The second kappa shape index (κ2) is 5.50. The molecule has 0 unspecified atom stereocenters. The van der Waals surface area contributed by atoms with Crippen molar-refractivity contribution in [3.05, 3.63) is 42.2 Å². The van der Waals surface area contributed by atoms with Gasteiger partial charge >= 0.3 is 5.97 Å². The number of hydrogen-bond acceptors (Lipinski definition) is 5. The summed E-state index contributed by atoms with van der Waals surface area (Å²) in [5.41, 5.74) is -0.0130. The molecule has 2 rings (SSSR count). The Kier molecular flexibility index (Phi) is 3.78. The standard InChI is InChI=1S/C12H10N2O3S/c1-17-8-2-4-9(5-3-8)18-12-13-7-6-10(14-12)11(15)16/h2-7H,1H3,(H,15,16). The van der Waals surface area contributed by atoms with Crippen LogP contribution in [0, 0.1) is 0 Å². The number of carboxylic acid groups (broad SMARTS) is 1. The molecule has 0 radical (unpaired) electrons. The lowest BCUT2D eigenvalue weighted by Gasteiger charge is -2.02. The SMILES string of the molecule is COc1ccc(Sc2nccc(C(=O)O)n2)cc1. The summed E-state index contributed by atoms with van der Waals surface area (Å²) in [6.45, 7) is 0. The van der Waals surface area contributed by atoms with Gasteiger partial charge in [0.2, 0.25) is 0 Å². The van der Waals surface area contributed by atoms with Gasteiger partial charge < -0.3 is 9.84 Å². The molecule has 0 saturated heterocycles. The highest BCUT2D eigenvalue weighted by atomic mass is 32.2. The fraction of sp³-hybridized carbons (Fsp3) is 0.0833. The second-order valence-electron chi connectivity index (χ2n) is 3.31. The highest BCUT2D eigenvalue weighted by Crippen LogP contribution is 2.26. The van der Waals surface area contributed by atoms with Crippen molar-refractivity contribution >= 4 is 17.7 Å². The van der Waals surface area contributed by atoms with Crippen molar-refractivity contribution in [1.82, 2.24) is 9.97 Å². The normalized spacial score (nSPS) is 10.1. The van der Waals surface area contributed by atoms with E-state index in [1.165, 1.54) is 24.0 Å². The first-order chi connectivity index (χ1) is 8.69. The molecular formula is C12H10N2O3S. The van der Waals surface area contributed by atoms with Crippen molar-refractivity contribution < 1.29 is 14.6 Å². The van der Waals surface area contributed by atoms with Crippen LogP contribution in [0.2, 0.25) is 0 Å². The summed E-state index contributed by atoms with van der Waals surface area (Å²) in [7, 11) is 1.60. The maximum absolute atomic E-state index is 10.8. The number of carbonyl (C=O) groups is 1. The summed E-state index contributed by atoms with van der Waals surface area (Å²) in [6.07, 6.45) is 1.43. The number of aromatic nitrogens is 2. The highest BCUT2D eigenvalue weighted by molar-refractivity contribution is 7.99. The summed E-state index contributed by atoms with van der Waals surface area (Å²) in [5.74, 6) is -0.298. The minimum Gasteiger partial charge on any atom is -0.497 e. The van der Waals surface area contributed by atoms with E-state index < -0.39 is 5.97 Å². The molecule has 1 heterocycles. The largest absolute Gasteiger partial charge is 0.497 e. The van der Waals surface area contributed by atoms with Crippen LogP contribution in [0.3, 0.4) is 0 Å². The molecule has 0 aliphatic rings. The van der Waals surface area contributed by atoms with E-state index in [2.05, 4.69) is 9.97 Å². The lowest BCUT2D eigenvalue weighted by molar-refractivity contribution is 0.0689. The van der Waals surface area contributed by atoms with Gasteiger partial charge in [0.1, 0.15) is 5.75 Å². The van der Waals surface area contributed by atoms with Gasteiger partial charge in [0, 0.05) is 11.1 Å². The number of aromatic carboxylic acids is 1. The third kappa shape index (κ3) is 2.98. The molecule has 0 saturated carbocycles. The third-order valence-corrected chi connectivity index (χ3v) is 3.01. The molecule has 92 valence electrons. The molecule has 0 amide bonds. The Bertz CT molecular complexity index is 558. The number of methoxy groups -OCH3 is 1. The first-order valence-corrected chi connectivity index (χ1v) is 5.89. The van der Waals surface area contributed by atoms with Gasteiger partial charge in [-0.3, -0.25) is 0 Å². The van der Waals surface area contributed by atoms with E-state index >= 15 is 0 Å². The van der Waals surface area contributed by atoms with Crippen LogP contribution in [0.5, 0.6) is 5.75 Å². The van der Waals surface area contributed by atoms with Gasteiger partial charge in [-0.25, -0.2) is 14.8 Å². The molecule has 1 N–H and O–H groups in total. The van der Waals surface area contributed by atoms with Crippen molar-refractivity contribution in [1.29, 1.82) is 0 Å². The number of carboxylic acids is 1. The van der Waals surface area contributed by atoms with E-state index in [0.29, 0.717) is 5.16 Å². The van der Waals surface area contributed by atoms with Gasteiger partial charge in [0.15, 0.2) is 10.9 Å². The minimum atomic E-state index is -1.06. The van der Waals surface area contributed by atoms with Crippen LogP contribution in [-0.2, 0) is 0 Å². The fourth-order valence-corrected chi connectivity index (χ4v) is 2.00. The van der Waals surface area contributed by atoms with Crippen molar-refractivity contribution in [3.63, 3.8) is 0 Å². The Hall–Kier alpha value is -2.08. The van der Waals surface area contributed by atoms with Crippen molar-refractivity contribution in [2.75, 3.05) is 7.11 Å². The average Bonchev–Trinajstić information content (AvgIpc) is 2.40.